The summed E-state index contributed by atoms with van der Waals surface area (Å²) in [5.41, 5.74) is 3.91. The van der Waals surface area contributed by atoms with E-state index in [1.807, 2.05) is 24.3 Å². The van der Waals surface area contributed by atoms with E-state index in [1.165, 1.54) is 5.57 Å². The van der Waals surface area contributed by atoms with Crippen LogP contribution in [0.25, 0.3) is 11.0 Å². The maximum Gasteiger partial charge on any atom is 0.313 e. The van der Waals surface area contributed by atoms with E-state index < -0.39 is 5.91 Å². The minimum Gasteiger partial charge on any atom is -0.493 e. The molecule has 2 heterocycles. The van der Waals surface area contributed by atoms with E-state index in [0.29, 0.717) is 17.0 Å². The summed E-state index contributed by atoms with van der Waals surface area (Å²) in [6.07, 6.45) is 8.41. The molecule has 1 aliphatic heterocycles. The van der Waals surface area contributed by atoms with E-state index in [0.717, 1.165) is 35.9 Å². The van der Waals surface area contributed by atoms with Gasteiger partial charge in [0.1, 0.15) is 0 Å². The third kappa shape index (κ3) is 2.60. The van der Waals surface area contributed by atoms with Crippen molar-refractivity contribution in [2.24, 2.45) is 10.9 Å². The number of nitrogens with one attached hydrogen (secondary N) is 1. The fourth-order valence-corrected chi connectivity index (χ4v) is 4.13. The molecule has 1 N–H and O–H groups in total. The van der Waals surface area contributed by atoms with E-state index in [2.05, 4.69) is 10.3 Å². The zero-order valence-corrected chi connectivity index (χ0v) is 15.3. The molecular weight excluding hydrogens is 356 g/mol. The Hall–Kier alpha value is -3.41. The van der Waals surface area contributed by atoms with Gasteiger partial charge in [0.15, 0.2) is 17.1 Å². The number of aliphatic imine (C=N–C) groups is 1. The van der Waals surface area contributed by atoms with Crippen molar-refractivity contribution in [1.29, 1.82) is 0 Å². The second-order valence-electron chi connectivity index (χ2n) is 7.08. The fourth-order valence-electron chi connectivity index (χ4n) is 4.13. The molecule has 2 aliphatic carbocycles. The lowest BCUT2D eigenvalue weighted by Crippen LogP contribution is -2.35. The Bertz CT molecular complexity index is 1150. The molecule has 28 heavy (non-hydrogen) atoms. The lowest BCUT2D eigenvalue weighted by Gasteiger charge is -2.28. The minimum absolute atomic E-state index is 0.0274. The zero-order chi connectivity index (χ0) is 19.3. The first-order valence-corrected chi connectivity index (χ1v) is 9.26. The third-order valence-corrected chi connectivity index (χ3v) is 5.44. The monoisotopic (exact) mass is 374 g/mol. The van der Waals surface area contributed by atoms with Crippen LogP contribution in [-0.2, 0) is 4.79 Å². The van der Waals surface area contributed by atoms with Crippen LogP contribution < -0.4 is 10.1 Å². The van der Waals surface area contributed by atoms with Crippen LogP contribution in [0.2, 0.25) is 0 Å². The maximum absolute atomic E-state index is 12.6. The average Bonchev–Trinajstić information content (AvgIpc) is 3.35. The van der Waals surface area contributed by atoms with Gasteiger partial charge in [-0.3, -0.25) is 9.59 Å². The van der Waals surface area contributed by atoms with Gasteiger partial charge in [-0.1, -0.05) is 18.2 Å². The number of nitrogens with zero attached hydrogens (tertiary/aromatic N) is 1. The molecule has 140 valence electrons. The van der Waals surface area contributed by atoms with Crippen LogP contribution >= 0.6 is 0 Å². The molecule has 2 amide bonds. The van der Waals surface area contributed by atoms with Crippen LogP contribution in [0.4, 0.5) is 0 Å². The molecule has 0 spiro atoms. The summed E-state index contributed by atoms with van der Waals surface area (Å²) in [4.78, 5) is 29.1. The third-order valence-electron chi connectivity index (χ3n) is 5.44. The number of allylic oxidation sites excluding steroid dienone is 3. The Morgan fingerprint density at radius 2 is 2.21 bits per heavy atom. The van der Waals surface area contributed by atoms with Gasteiger partial charge in [-0.15, -0.1) is 0 Å². The SMILES string of the molecule is COc1cccc2cc(C(=O)N=C3C=CC4C(=C3)NC(=O)C3=C4CCC3)oc12. The number of fused-ring (bicyclic) bond motifs is 3. The molecule has 1 aromatic carbocycles. The van der Waals surface area contributed by atoms with Crippen LogP contribution in [0.1, 0.15) is 29.8 Å². The molecule has 0 radical (unpaired) electrons. The zero-order valence-electron chi connectivity index (χ0n) is 15.3. The average molecular weight is 374 g/mol. The van der Waals surface area contributed by atoms with Gasteiger partial charge >= 0.3 is 5.91 Å². The number of furan rings is 1. The highest BCUT2D eigenvalue weighted by molar-refractivity contribution is 6.14. The van der Waals surface area contributed by atoms with Crippen LogP contribution in [0.15, 0.2) is 68.7 Å². The summed E-state index contributed by atoms with van der Waals surface area (Å²) < 4.78 is 10.9. The molecule has 0 saturated carbocycles. The van der Waals surface area contributed by atoms with Crippen LogP contribution in [0, 0.1) is 5.92 Å². The predicted octanol–water partition coefficient (Wildman–Crippen LogP) is 3.70. The fraction of sp³-hybridized carbons (Fsp3) is 0.227. The van der Waals surface area contributed by atoms with E-state index in [4.69, 9.17) is 9.15 Å². The van der Waals surface area contributed by atoms with Gasteiger partial charge < -0.3 is 14.5 Å². The van der Waals surface area contributed by atoms with Gasteiger partial charge in [0.25, 0.3) is 5.91 Å². The molecule has 1 unspecified atom stereocenters. The van der Waals surface area contributed by atoms with E-state index in [1.54, 1.807) is 25.3 Å². The van der Waals surface area contributed by atoms with Crippen molar-refractivity contribution in [1.82, 2.24) is 5.32 Å². The largest absolute Gasteiger partial charge is 0.493 e. The predicted molar refractivity (Wildman–Crippen MR) is 104 cm³/mol. The quantitative estimate of drug-likeness (QED) is 0.869. The van der Waals surface area contributed by atoms with Gasteiger partial charge in [0, 0.05) is 22.6 Å². The molecule has 0 saturated heterocycles. The molecule has 1 aromatic heterocycles. The summed E-state index contributed by atoms with van der Waals surface area (Å²) in [7, 11) is 1.55. The van der Waals surface area contributed by atoms with Gasteiger partial charge in [-0.05, 0) is 49.1 Å². The number of para-hydroxylation sites is 1. The lowest BCUT2D eigenvalue weighted by molar-refractivity contribution is -0.117. The minimum atomic E-state index is -0.476. The standard InChI is InChI=1S/C22H18N2O4/c1-27-18-7-2-4-12-10-19(28-20(12)18)22(26)23-13-8-9-15-14-5-3-6-16(14)21(25)24-17(15)11-13/h2,4,7-11,15H,3,5-6H2,1H3,(H,24,25). The first-order chi connectivity index (χ1) is 13.6. The normalized spacial score (nSPS) is 22.2. The number of amides is 2. The molecular formula is C22H18N2O4. The molecule has 6 heteroatoms. The summed E-state index contributed by atoms with van der Waals surface area (Å²) in [6.45, 7) is 0. The van der Waals surface area contributed by atoms with Crippen LogP contribution in [0.3, 0.4) is 0 Å². The number of benzene rings is 1. The highest BCUT2D eigenvalue weighted by atomic mass is 16.5. The van der Waals surface area contributed by atoms with E-state index >= 15 is 0 Å². The lowest BCUT2D eigenvalue weighted by atomic mass is 9.85. The number of hydrogen-bond acceptors (Lipinski definition) is 4. The summed E-state index contributed by atoms with van der Waals surface area (Å²) in [6, 6.07) is 7.12. The summed E-state index contributed by atoms with van der Waals surface area (Å²) in [5.74, 6) is 0.294. The van der Waals surface area contributed by atoms with Crippen molar-refractivity contribution in [3.05, 3.63) is 65.1 Å². The second kappa shape index (κ2) is 6.34. The smallest absolute Gasteiger partial charge is 0.313 e. The van der Waals surface area contributed by atoms with Crippen LogP contribution in [0.5, 0.6) is 5.75 Å². The van der Waals surface area contributed by atoms with Crippen molar-refractivity contribution >= 4 is 28.5 Å². The van der Waals surface area contributed by atoms with Gasteiger partial charge in [-0.2, -0.15) is 0 Å². The topological polar surface area (TPSA) is 80.9 Å². The Morgan fingerprint density at radius 1 is 1.32 bits per heavy atom. The Morgan fingerprint density at radius 3 is 3.07 bits per heavy atom. The first-order valence-electron chi connectivity index (χ1n) is 9.26. The van der Waals surface area contributed by atoms with Crippen molar-refractivity contribution in [2.75, 3.05) is 7.11 Å². The Labute approximate surface area is 161 Å². The Balaban J connectivity index is 1.45. The highest BCUT2D eigenvalue weighted by Crippen LogP contribution is 2.39. The number of rotatable bonds is 2. The maximum atomic E-state index is 12.6. The van der Waals surface area contributed by atoms with Crippen molar-refractivity contribution in [3.63, 3.8) is 0 Å². The Kier molecular flexibility index (Phi) is 3.79. The molecule has 5 rings (SSSR count). The van der Waals surface area contributed by atoms with E-state index in [-0.39, 0.29) is 17.6 Å². The summed E-state index contributed by atoms with van der Waals surface area (Å²) >= 11 is 0. The van der Waals surface area contributed by atoms with Gasteiger partial charge in [0.05, 0.1) is 12.8 Å². The highest BCUT2D eigenvalue weighted by Gasteiger charge is 2.34. The summed E-state index contributed by atoms with van der Waals surface area (Å²) in [5, 5.41) is 3.73. The molecule has 2 aromatic rings. The van der Waals surface area contributed by atoms with Crippen molar-refractivity contribution in [3.8, 4) is 5.75 Å². The second-order valence-corrected chi connectivity index (χ2v) is 7.08. The number of carbonyl (C=O) groups excluding carboxylic acids is 2. The first kappa shape index (κ1) is 16.7. The van der Waals surface area contributed by atoms with Crippen molar-refractivity contribution < 1.29 is 18.7 Å². The number of carbonyl (C=O) groups is 2. The van der Waals surface area contributed by atoms with Gasteiger partial charge in [-0.25, -0.2) is 4.99 Å². The molecule has 0 fully saturated rings. The van der Waals surface area contributed by atoms with Gasteiger partial charge in [0.2, 0.25) is 0 Å². The molecule has 3 aliphatic rings. The molecule has 1 atom stereocenters. The number of hydrogen-bond donors (Lipinski definition) is 1. The molecule has 6 nitrogen and oxygen atoms in total. The molecule has 0 bridgehead atoms. The van der Waals surface area contributed by atoms with Crippen molar-refractivity contribution in [2.45, 2.75) is 19.3 Å². The van der Waals surface area contributed by atoms with E-state index in [9.17, 15) is 9.59 Å². The number of methoxy groups -OCH3 is 1. The van der Waals surface area contributed by atoms with Crippen LogP contribution in [-0.4, -0.2) is 24.6 Å². The number of ether oxygens (including phenoxy) is 1.